The summed E-state index contributed by atoms with van der Waals surface area (Å²) in [5, 5.41) is 0. The molecule has 1 aliphatic rings. The predicted octanol–water partition coefficient (Wildman–Crippen LogP) is 3.07. The maximum absolute atomic E-state index is 13.2. The zero-order valence-corrected chi connectivity index (χ0v) is 18.6. The van der Waals surface area contributed by atoms with Crippen LogP contribution in [0.1, 0.15) is 26.2 Å². The van der Waals surface area contributed by atoms with Crippen molar-refractivity contribution in [3.8, 4) is 11.5 Å². The lowest BCUT2D eigenvalue weighted by Crippen LogP contribution is -2.35. The van der Waals surface area contributed by atoms with E-state index in [2.05, 4.69) is 4.72 Å². The van der Waals surface area contributed by atoms with E-state index >= 15 is 0 Å². The first-order valence-corrected chi connectivity index (χ1v) is 12.6. The summed E-state index contributed by atoms with van der Waals surface area (Å²) < 4.78 is 66.7. The number of piperidine rings is 1. The Morgan fingerprint density at radius 2 is 1.63 bits per heavy atom. The molecule has 1 aliphatic heterocycles. The first-order valence-electron chi connectivity index (χ1n) is 9.72. The molecule has 0 aromatic heterocycles. The number of rotatable bonds is 8. The Bertz CT molecular complexity index is 1090. The van der Waals surface area contributed by atoms with E-state index in [0.717, 1.165) is 19.3 Å². The third-order valence-corrected chi connectivity index (χ3v) is 8.13. The van der Waals surface area contributed by atoms with Gasteiger partial charge in [-0.15, -0.1) is 0 Å². The second-order valence-electron chi connectivity index (χ2n) is 6.82. The van der Waals surface area contributed by atoms with Gasteiger partial charge >= 0.3 is 0 Å². The number of hydrogen-bond donors (Lipinski definition) is 1. The molecular weight excluding hydrogens is 428 g/mol. The summed E-state index contributed by atoms with van der Waals surface area (Å²) >= 11 is 0. The lowest BCUT2D eigenvalue weighted by atomic mass is 10.2. The first kappa shape index (κ1) is 22.4. The van der Waals surface area contributed by atoms with Crippen molar-refractivity contribution in [2.24, 2.45) is 0 Å². The van der Waals surface area contributed by atoms with E-state index in [4.69, 9.17) is 9.47 Å². The van der Waals surface area contributed by atoms with E-state index in [-0.39, 0.29) is 33.6 Å². The molecule has 2 aromatic rings. The Hall–Kier alpha value is -2.30. The van der Waals surface area contributed by atoms with Gasteiger partial charge < -0.3 is 9.47 Å². The van der Waals surface area contributed by atoms with Gasteiger partial charge in [-0.3, -0.25) is 4.72 Å². The number of nitrogens with one attached hydrogen (secondary N) is 1. The Kier molecular flexibility index (Phi) is 6.89. The molecular formula is C20H26N2O6S2. The molecule has 1 fully saturated rings. The average Bonchev–Trinajstić information content (AvgIpc) is 2.75. The summed E-state index contributed by atoms with van der Waals surface area (Å²) in [5.74, 6) is 0.389. The molecule has 1 N–H and O–H groups in total. The number of hydrogen-bond acceptors (Lipinski definition) is 6. The van der Waals surface area contributed by atoms with Crippen LogP contribution >= 0.6 is 0 Å². The van der Waals surface area contributed by atoms with Gasteiger partial charge in [0.1, 0.15) is 21.3 Å². The summed E-state index contributed by atoms with van der Waals surface area (Å²) in [5.41, 5.74) is 0.125. The Morgan fingerprint density at radius 1 is 0.933 bits per heavy atom. The van der Waals surface area contributed by atoms with Crippen LogP contribution < -0.4 is 14.2 Å². The van der Waals surface area contributed by atoms with Gasteiger partial charge in [0.15, 0.2) is 0 Å². The maximum Gasteiger partial charge on any atom is 0.265 e. The van der Waals surface area contributed by atoms with E-state index in [1.807, 2.05) is 0 Å². The number of anilines is 1. The van der Waals surface area contributed by atoms with Crippen molar-refractivity contribution < 1.29 is 26.3 Å². The zero-order chi connectivity index (χ0) is 21.8. The van der Waals surface area contributed by atoms with E-state index in [0.29, 0.717) is 13.1 Å². The van der Waals surface area contributed by atoms with Gasteiger partial charge in [-0.2, -0.15) is 4.31 Å². The highest BCUT2D eigenvalue weighted by Crippen LogP contribution is 2.33. The summed E-state index contributed by atoms with van der Waals surface area (Å²) in [4.78, 5) is -0.0895. The Morgan fingerprint density at radius 3 is 2.30 bits per heavy atom. The third-order valence-electron chi connectivity index (χ3n) is 4.79. The molecule has 1 heterocycles. The number of benzene rings is 2. The van der Waals surface area contributed by atoms with E-state index in [9.17, 15) is 16.8 Å². The van der Waals surface area contributed by atoms with Gasteiger partial charge in [0.25, 0.3) is 10.0 Å². The molecule has 164 valence electrons. The van der Waals surface area contributed by atoms with Crippen molar-refractivity contribution in [1.82, 2.24) is 4.31 Å². The summed E-state index contributed by atoms with van der Waals surface area (Å²) in [6, 6.07) is 10.5. The molecule has 0 aliphatic carbocycles. The van der Waals surface area contributed by atoms with Crippen LogP contribution in [0.2, 0.25) is 0 Å². The number of methoxy groups -OCH3 is 1. The summed E-state index contributed by atoms with van der Waals surface area (Å²) in [7, 11) is -6.43. The maximum atomic E-state index is 13.2. The molecule has 10 heteroatoms. The van der Waals surface area contributed by atoms with Gasteiger partial charge in [0, 0.05) is 13.1 Å². The quantitative estimate of drug-likeness (QED) is 0.658. The van der Waals surface area contributed by atoms with Gasteiger partial charge in [0.05, 0.1) is 19.4 Å². The minimum atomic E-state index is -3.99. The fraction of sp³-hybridized carbons (Fsp3) is 0.400. The molecule has 0 amide bonds. The second kappa shape index (κ2) is 9.23. The van der Waals surface area contributed by atoms with Crippen LogP contribution in [-0.4, -0.2) is 47.9 Å². The molecule has 0 spiro atoms. The van der Waals surface area contributed by atoms with Gasteiger partial charge in [0.2, 0.25) is 10.0 Å². The lowest BCUT2D eigenvalue weighted by Gasteiger charge is -2.27. The summed E-state index contributed by atoms with van der Waals surface area (Å²) in [6.07, 6.45) is 2.58. The highest BCUT2D eigenvalue weighted by atomic mass is 32.2. The predicted molar refractivity (Wildman–Crippen MR) is 114 cm³/mol. The van der Waals surface area contributed by atoms with Crippen LogP contribution in [0.5, 0.6) is 11.5 Å². The van der Waals surface area contributed by atoms with Crippen LogP contribution in [0.25, 0.3) is 0 Å². The fourth-order valence-electron chi connectivity index (χ4n) is 3.34. The largest absolute Gasteiger partial charge is 0.495 e. The van der Waals surface area contributed by atoms with Crippen molar-refractivity contribution in [1.29, 1.82) is 0 Å². The molecule has 30 heavy (non-hydrogen) atoms. The van der Waals surface area contributed by atoms with Crippen molar-refractivity contribution in [2.45, 2.75) is 36.0 Å². The molecule has 3 rings (SSSR count). The molecule has 2 aromatic carbocycles. The standard InChI is InChI=1S/C20H26N2O6S2/c1-3-28-18-12-11-16(15-20(18)30(25,26)22-13-7-4-8-14-22)21-29(23,24)19-10-6-5-9-17(19)27-2/h5-6,9-12,15,21H,3-4,7-8,13-14H2,1-2H3. The van der Waals surface area contributed by atoms with Gasteiger partial charge in [-0.05, 0) is 50.1 Å². The monoisotopic (exact) mass is 454 g/mol. The highest BCUT2D eigenvalue weighted by molar-refractivity contribution is 7.92. The zero-order valence-electron chi connectivity index (χ0n) is 17.0. The van der Waals surface area contributed by atoms with Crippen LogP contribution in [0.3, 0.4) is 0 Å². The molecule has 1 saturated heterocycles. The SMILES string of the molecule is CCOc1ccc(NS(=O)(=O)c2ccccc2OC)cc1S(=O)(=O)N1CCCCC1. The molecule has 0 saturated carbocycles. The molecule has 0 bridgehead atoms. The smallest absolute Gasteiger partial charge is 0.265 e. The number of ether oxygens (including phenoxy) is 2. The average molecular weight is 455 g/mol. The minimum Gasteiger partial charge on any atom is -0.495 e. The molecule has 0 unspecified atom stereocenters. The Labute approximate surface area is 177 Å². The van der Waals surface area contributed by atoms with E-state index < -0.39 is 20.0 Å². The second-order valence-corrected chi connectivity index (χ2v) is 10.4. The van der Waals surface area contributed by atoms with Crippen molar-refractivity contribution in [3.05, 3.63) is 42.5 Å². The van der Waals surface area contributed by atoms with Gasteiger partial charge in [-0.25, -0.2) is 16.8 Å². The first-order chi connectivity index (χ1) is 14.3. The third kappa shape index (κ3) is 4.71. The fourth-order valence-corrected chi connectivity index (χ4v) is 6.24. The number of nitrogens with zero attached hydrogens (tertiary/aromatic N) is 1. The van der Waals surface area contributed by atoms with Crippen molar-refractivity contribution in [3.63, 3.8) is 0 Å². The lowest BCUT2D eigenvalue weighted by molar-refractivity contribution is 0.323. The van der Waals surface area contributed by atoms with E-state index in [1.165, 1.54) is 35.7 Å². The molecule has 0 radical (unpaired) electrons. The summed E-state index contributed by atoms with van der Waals surface area (Å²) in [6.45, 7) is 2.92. The van der Waals surface area contributed by atoms with Gasteiger partial charge in [-0.1, -0.05) is 18.6 Å². The van der Waals surface area contributed by atoms with Crippen LogP contribution in [-0.2, 0) is 20.0 Å². The number of sulfonamides is 2. The van der Waals surface area contributed by atoms with Crippen molar-refractivity contribution >= 4 is 25.7 Å². The highest BCUT2D eigenvalue weighted by Gasteiger charge is 2.30. The van der Waals surface area contributed by atoms with Crippen LogP contribution in [0.15, 0.2) is 52.3 Å². The number of para-hydroxylation sites is 1. The molecule has 8 nitrogen and oxygen atoms in total. The van der Waals surface area contributed by atoms with E-state index in [1.54, 1.807) is 25.1 Å². The normalized spacial score (nSPS) is 15.5. The topological polar surface area (TPSA) is 102 Å². The van der Waals surface area contributed by atoms with Crippen LogP contribution in [0.4, 0.5) is 5.69 Å². The van der Waals surface area contributed by atoms with Crippen LogP contribution in [0, 0.1) is 0 Å². The minimum absolute atomic E-state index is 0.0400. The Balaban J connectivity index is 2.00. The molecule has 0 atom stereocenters. The van der Waals surface area contributed by atoms with Crippen molar-refractivity contribution in [2.75, 3.05) is 31.5 Å².